The van der Waals surface area contributed by atoms with E-state index in [2.05, 4.69) is 29.6 Å². The molecule has 3 nitrogen and oxygen atoms in total. The SMILES string of the molecule is O=C(c1cc(-c2ccc(Cl)cc2)cs1)N1CCNCC1Cc1ccccc1. The first kappa shape index (κ1) is 18.2. The molecule has 1 aliphatic heterocycles. The second-order valence-electron chi connectivity index (χ2n) is 6.75. The van der Waals surface area contributed by atoms with Gasteiger partial charge in [0.25, 0.3) is 5.91 Å². The topological polar surface area (TPSA) is 32.3 Å². The predicted octanol–water partition coefficient (Wildman–Crippen LogP) is 4.73. The van der Waals surface area contributed by atoms with Gasteiger partial charge in [-0.25, -0.2) is 0 Å². The Morgan fingerprint density at radius 1 is 1.11 bits per heavy atom. The van der Waals surface area contributed by atoms with Crippen LogP contribution in [0.15, 0.2) is 66.0 Å². The molecule has 5 heteroatoms. The van der Waals surface area contributed by atoms with E-state index < -0.39 is 0 Å². The molecule has 1 unspecified atom stereocenters. The Balaban J connectivity index is 1.52. The lowest BCUT2D eigenvalue weighted by molar-refractivity contribution is 0.0641. The summed E-state index contributed by atoms with van der Waals surface area (Å²) in [6.45, 7) is 2.41. The lowest BCUT2D eigenvalue weighted by atomic mass is 10.0. The Labute approximate surface area is 168 Å². The van der Waals surface area contributed by atoms with E-state index in [-0.39, 0.29) is 11.9 Å². The van der Waals surface area contributed by atoms with Crippen LogP contribution in [0.4, 0.5) is 0 Å². The molecule has 4 rings (SSSR count). The maximum atomic E-state index is 13.2. The smallest absolute Gasteiger partial charge is 0.264 e. The summed E-state index contributed by atoms with van der Waals surface area (Å²) < 4.78 is 0. The molecule has 0 radical (unpaired) electrons. The highest BCUT2D eigenvalue weighted by atomic mass is 35.5. The Bertz CT molecular complexity index is 908. The number of nitrogens with one attached hydrogen (secondary N) is 1. The Kier molecular flexibility index (Phi) is 5.58. The number of carbonyl (C=O) groups excluding carboxylic acids is 1. The van der Waals surface area contributed by atoms with Crippen molar-refractivity contribution in [2.75, 3.05) is 19.6 Å². The van der Waals surface area contributed by atoms with E-state index in [0.29, 0.717) is 0 Å². The van der Waals surface area contributed by atoms with Gasteiger partial charge in [0.05, 0.1) is 4.88 Å². The molecule has 1 aliphatic rings. The van der Waals surface area contributed by atoms with Crippen molar-refractivity contribution in [2.24, 2.45) is 0 Å². The number of carbonyl (C=O) groups is 1. The van der Waals surface area contributed by atoms with Gasteiger partial charge in [-0.3, -0.25) is 4.79 Å². The molecule has 2 heterocycles. The van der Waals surface area contributed by atoms with Gasteiger partial charge in [-0.2, -0.15) is 0 Å². The summed E-state index contributed by atoms with van der Waals surface area (Å²) >= 11 is 7.49. The molecule has 3 aromatic rings. The number of benzene rings is 2. The van der Waals surface area contributed by atoms with Crippen LogP contribution in [0.25, 0.3) is 11.1 Å². The van der Waals surface area contributed by atoms with Gasteiger partial charge in [-0.1, -0.05) is 54.1 Å². The van der Waals surface area contributed by atoms with Crippen LogP contribution in [0, 0.1) is 0 Å². The molecule has 1 fully saturated rings. The van der Waals surface area contributed by atoms with Crippen LogP contribution in [0.3, 0.4) is 0 Å². The molecule has 0 aliphatic carbocycles. The first-order valence-electron chi connectivity index (χ1n) is 9.11. The van der Waals surface area contributed by atoms with Gasteiger partial charge in [0.2, 0.25) is 0 Å². The molecular weight excluding hydrogens is 376 g/mol. The van der Waals surface area contributed by atoms with Crippen molar-refractivity contribution >= 4 is 28.8 Å². The highest BCUT2D eigenvalue weighted by Gasteiger charge is 2.28. The van der Waals surface area contributed by atoms with Gasteiger partial charge in [-0.05, 0) is 46.7 Å². The molecule has 0 saturated carbocycles. The summed E-state index contributed by atoms with van der Waals surface area (Å²) in [4.78, 5) is 16.0. The fraction of sp³-hybridized carbons (Fsp3) is 0.227. The van der Waals surface area contributed by atoms with Gasteiger partial charge in [-0.15, -0.1) is 11.3 Å². The van der Waals surface area contributed by atoms with Gasteiger partial charge in [0.1, 0.15) is 0 Å². The van der Waals surface area contributed by atoms with Crippen LogP contribution in [0.1, 0.15) is 15.2 Å². The van der Waals surface area contributed by atoms with E-state index in [1.807, 2.05) is 46.7 Å². The summed E-state index contributed by atoms with van der Waals surface area (Å²) in [6, 6.07) is 20.3. The van der Waals surface area contributed by atoms with Crippen LogP contribution in [-0.2, 0) is 6.42 Å². The van der Waals surface area contributed by atoms with Crippen LogP contribution >= 0.6 is 22.9 Å². The summed E-state index contributed by atoms with van der Waals surface area (Å²) in [7, 11) is 0. The molecule has 1 N–H and O–H groups in total. The van der Waals surface area contributed by atoms with Crippen LogP contribution < -0.4 is 5.32 Å². The van der Waals surface area contributed by atoms with Crippen molar-refractivity contribution in [3.63, 3.8) is 0 Å². The second kappa shape index (κ2) is 8.26. The molecule has 1 saturated heterocycles. The number of rotatable bonds is 4. The lowest BCUT2D eigenvalue weighted by Gasteiger charge is -2.36. The highest BCUT2D eigenvalue weighted by Crippen LogP contribution is 2.28. The molecule has 1 aromatic heterocycles. The Morgan fingerprint density at radius 2 is 1.89 bits per heavy atom. The maximum Gasteiger partial charge on any atom is 0.264 e. The third-order valence-corrected chi connectivity index (χ3v) is 6.08. The number of hydrogen-bond donors (Lipinski definition) is 1. The van der Waals surface area contributed by atoms with Crippen LogP contribution in [0.2, 0.25) is 5.02 Å². The van der Waals surface area contributed by atoms with Crippen molar-refractivity contribution in [3.8, 4) is 11.1 Å². The van der Waals surface area contributed by atoms with Crippen molar-refractivity contribution < 1.29 is 4.79 Å². The first-order chi connectivity index (χ1) is 13.2. The third-order valence-electron chi connectivity index (χ3n) is 4.91. The van der Waals surface area contributed by atoms with E-state index in [0.717, 1.165) is 47.1 Å². The number of nitrogens with zero attached hydrogens (tertiary/aromatic N) is 1. The van der Waals surface area contributed by atoms with E-state index in [4.69, 9.17) is 11.6 Å². The Morgan fingerprint density at radius 3 is 2.67 bits per heavy atom. The second-order valence-corrected chi connectivity index (χ2v) is 8.10. The number of amides is 1. The summed E-state index contributed by atoms with van der Waals surface area (Å²) in [5.41, 5.74) is 3.41. The van der Waals surface area contributed by atoms with Crippen molar-refractivity contribution in [1.82, 2.24) is 10.2 Å². The maximum absolute atomic E-state index is 13.2. The van der Waals surface area contributed by atoms with E-state index >= 15 is 0 Å². The predicted molar refractivity (Wildman–Crippen MR) is 113 cm³/mol. The molecular formula is C22H21ClN2OS. The fourth-order valence-corrected chi connectivity index (χ4v) is 4.48. The van der Waals surface area contributed by atoms with E-state index in [9.17, 15) is 4.79 Å². The number of halogens is 1. The minimum Gasteiger partial charge on any atom is -0.332 e. The standard InChI is InChI=1S/C22H21ClN2OS/c23-19-8-6-17(7-9-19)18-13-21(27-15-18)22(26)25-11-10-24-14-20(25)12-16-4-2-1-3-5-16/h1-9,13,15,20,24H,10-12,14H2. The summed E-state index contributed by atoms with van der Waals surface area (Å²) in [5.74, 6) is 0.127. The van der Waals surface area contributed by atoms with Crippen molar-refractivity contribution in [3.05, 3.63) is 81.5 Å². The molecule has 27 heavy (non-hydrogen) atoms. The zero-order valence-electron chi connectivity index (χ0n) is 14.9. The zero-order valence-corrected chi connectivity index (χ0v) is 16.5. The highest BCUT2D eigenvalue weighted by molar-refractivity contribution is 7.12. The molecule has 138 valence electrons. The average Bonchev–Trinajstić information content (AvgIpc) is 3.19. The number of piperazine rings is 1. The van der Waals surface area contributed by atoms with Crippen molar-refractivity contribution in [1.29, 1.82) is 0 Å². The summed E-state index contributed by atoms with van der Waals surface area (Å²) in [5, 5.41) is 6.19. The lowest BCUT2D eigenvalue weighted by Crippen LogP contribution is -2.54. The van der Waals surface area contributed by atoms with Gasteiger partial charge in [0.15, 0.2) is 0 Å². The minimum atomic E-state index is 0.127. The van der Waals surface area contributed by atoms with E-state index in [1.54, 1.807) is 0 Å². The largest absolute Gasteiger partial charge is 0.332 e. The number of thiophene rings is 1. The molecule has 2 aromatic carbocycles. The third kappa shape index (κ3) is 4.24. The number of hydrogen-bond acceptors (Lipinski definition) is 3. The van der Waals surface area contributed by atoms with Gasteiger partial charge < -0.3 is 10.2 Å². The van der Waals surface area contributed by atoms with Gasteiger partial charge in [0, 0.05) is 30.7 Å². The quantitative estimate of drug-likeness (QED) is 0.691. The average molecular weight is 397 g/mol. The normalized spacial score (nSPS) is 17.1. The monoisotopic (exact) mass is 396 g/mol. The Hall–Kier alpha value is -2.14. The zero-order chi connectivity index (χ0) is 18.6. The molecule has 1 atom stereocenters. The van der Waals surface area contributed by atoms with Crippen molar-refractivity contribution in [2.45, 2.75) is 12.5 Å². The molecule has 1 amide bonds. The van der Waals surface area contributed by atoms with Crippen LogP contribution in [-0.4, -0.2) is 36.5 Å². The minimum absolute atomic E-state index is 0.127. The molecule has 0 spiro atoms. The first-order valence-corrected chi connectivity index (χ1v) is 10.4. The summed E-state index contributed by atoms with van der Waals surface area (Å²) in [6.07, 6.45) is 0.870. The van der Waals surface area contributed by atoms with Crippen LogP contribution in [0.5, 0.6) is 0 Å². The van der Waals surface area contributed by atoms with Gasteiger partial charge >= 0.3 is 0 Å². The van der Waals surface area contributed by atoms with E-state index in [1.165, 1.54) is 16.9 Å². The molecule has 0 bridgehead atoms. The fourth-order valence-electron chi connectivity index (χ4n) is 3.48.